The zero-order valence-electron chi connectivity index (χ0n) is 12.2. The van der Waals surface area contributed by atoms with E-state index in [1.54, 1.807) is 6.92 Å². The van der Waals surface area contributed by atoms with Crippen molar-refractivity contribution in [2.24, 2.45) is 0 Å². The monoisotopic (exact) mass is 335 g/mol. The van der Waals surface area contributed by atoms with E-state index in [1.807, 2.05) is 0 Å². The van der Waals surface area contributed by atoms with Crippen LogP contribution in [0, 0.1) is 18.6 Å². The van der Waals surface area contributed by atoms with Crippen LogP contribution >= 0.6 is 11.3 Å². The Bertz CT molecular complexity index is 911. The Morgan fingerprint density at radius 3 is 2.78 bits per heavy atom. The average Bonchev–Trinajstić information content (AvgIpc) is 2.87. The number of aryl methyl sites for hydroxylation is 1. The number of hydrogen-bond acceptors (Lipinski definition) is 6. The molecule has 0 bridgehead atoms. The van der Waals surface area contributed by atoms with Crippen molar-refractivity contribution in [2.45, 2.75) is 6.92 Å². The molecule has 2 heterocycles. The number of nitrogens with zero attached hydrogens (tertiary/aromatic N) is 2. The number of rotatable bonds is 3. The van der Waals surface area contributed by atoms with Gasteiger partial charge < -0.3 is 10.1 Å². The molecule has 2 aromatic heterocycles. The number of fused-ring (bicyclic) bond motifs is 1. The Hall–Kier alpha value is -2.61. The SMILES string of the molecule is COC(=O)c1sc2ncnc(Nc3ccc(F)cc3F)c2c1C. The number of methoxy groups -OCH3 is 1. The summed E-state index contributed by atoms with van der Waals surface area (Å²) in [6, 6.07) is 3.20. The molecule has 0 saturated heterocycles. The van der Waals surface area contributed by atoms with Gasteiger partial charge in [-0.25, -0.2) is 23.5 Å². The predicted molar refractivity (Wildman–Crippen MR) is 83.1 cm³/mol. The second-order valence-electron chi connectivity index (χ2n) is 4.70. The highest BCUT2D eigenvalue weighted by Crippen LogP contribution is 2.35. The number of anilines is 2. The maximum Gasteiger partial charge on any atom is 0.348 e. The normalized spacial score (nSPS) is 10.8. The van der Waals surface area contributed by atoms with Gasteiger partial charge in [-0.05, 0) is 24.6 Å². The zero-order chi connectivity index (χ0) is 16.6. The molecule has 0 amide bonds. The smallest absolute Gasteiger partial charge is 0.348 e. The largest absolute Gasteiger partial charge is 0.465 e. The Morgan fingerprint density at radius 1 is 1.30 bits per heavy atom. The number of ether oxygens (including phenoxy) is 1. The molecule has 1 aromatic carbocycles. The molecule has 0 spiro atoms. The van der Waals surface area contributed by atoms with E-state index in [0.29, 0.717) is 26.5 Å². The van der Waals surface area contributed by atoms with Crippen LogP contribution in [0.25, 0.3) is 10.2 Å². The van der Waals surface area contributed by atoms with Crippen LogP contribution in [0.2, 0.25) is 0 Å². The molecular formula is C15H11F2N3O2S. The summed E-state index contributed by atoms with van der Waals surface area (Å²) in [4.78, 5) is 21.0. The molecule has 0 aliphatic carbocycles. The van der Waals surface area contributed by atoms with Gasteiger partial charge in [0.2, 0.25) is 0 Å². The van der Waals surface area contributed by atoms with Gasteiger partial charge in [0.1, 0.15) is 33.5 Å². The Balaban J connectivity index is 2.11. The third-order valence-corrected chi connectivity index (χ3v) is 4.46. The van der Waals surface area contributed by atoms with Crippen LogP contribution in [0.3, 0.4) is 0 Å². The third-order valence-electron chi connectivity index (χ3n) is 3.28. The Labute approximate surface area is 134 Å². The first-order chi connectivity index (χ1) is 11.0. The molecule has 3 rings (SSSR count). The lowest BCUT2D eigenvalue weighted by atomic mass is 10.2. The van der Waals surface area contributed by atoms with Crippen molar-refractivity contribution in [3.63, 3.8) is 0 Å². The quantitative estimate of drug-likeness (QED) is 0.738. The van der Waals surface area contributed by atoms with E-state index in [-0.39, 0.29) is 5.69 Å². The second-order valence-corrected chi connectivity index (χ2v) is 5.70. The van der Waals surface area contributed by atoms with E-state index in [1.165, 1.54) is 30.8 Å². The van der Waals surface area contributed by atoms with Gasteiger partial charge >= 0.3 is 5.97 Å². The third kappa shape index (κ3) is 2.72. The summed E-state index contributed by atoms with van der Waals surface area (Å²) in [5.74, 6) is -1.53. The molecule has 0 aliphatic heterocycles. The fourth-order valence-corrected chi connectivity index (χ4v) is 3.24. The van der Waals surface area contributed by atoms with Crippen molar-refractivity contribution in [1.29, 1.82) is 0 Å². The molecule has 0 saturated carbocycles. The highest BCUT2D eigenvalue weighted by Gasteiger charge is 2.20. The molecule has 23 heavy (non-hydrogen) atoms. The number of hydrogen-bond donors (Lipinski definition) is 1. The predicted octanol–water partition coefficient (Wildman–Crippen LogP) is 3.81. The molecule has 0 radical (unpaired) electrons. The van der Waals surface area contributed by atoms with E-state index < -0.39 is 17.6 Å². The molecule has 0 atom stereocenters. The minimum atomic E-state index is -0.738. The van der Waals surface area contributed by atoms with Crippen LogP contribution in [0.1, 0.15) is 15.2 Å². The molecule has 3 aromatic rings. The molecule has 8 heteroatoms. The van der Waals surface area contributed by atoms with E-state index in [0.717, 1.165) is 12.1 Å². The lowest BCUT2D eigenvalue weighted by molar-refractivity contribution is 0.0605. The number of aromatic nitrogens is 2. The summed E-state index contributed by atoms with van der Waals surface area (Å²) in [6.45, 7) is 1.74. The minimum Gasteiger partial charge on any atom is -0.465 e. The fourth-order valence-electron chi connectivity index (χ4n) is 2.17. The molecule has 1 N–H and O–H groups in total. The van der Waals surface area contributed by atoms with Crippen molar-refractivity contribution in [3.8, 4) is 0 Å². The van der Waals surface area contributed by atoms with Crippen molar-refractivity contribution in [1.82, 2.24) is 9.97 Å². The number of halogens is 2. The molecule has 5 nitrogen and oxygen atoms in total. The van der Waals surface area contributed by atoms with Gasteiger partial charge in [-0.3, -0.25) is 0 Å². The summed E-state index contributed by atoms with van der Waals surface area (Å²) in [6.07, 6.45) is 1.31. The number of nitrogens with one attached hydrogen (secondary N) is 1. The van der Waals surface area contributed by atoms with E-state index in [2.05, 4.69) is 15.3 Å². The first-order valence-electron chi connectivity index (χ1n) is 6.55. The lowest BCUT2D eigenvalue weighted by Gasteiger charge is -2.08. The molecule has 118 valence electrons. The summed E-state index contributed by atoms with van der Waals surface area (Å²) in [5, 5.41) is 3.41. The zero-order valence-corrected chi connectivity index (χ0v) is 13.0. The van der Waals surface area contributed by atoms with Crippen LogP contribution in [0.4, 0.5) is 20.3 Å². The molecule has 0 aliphatic rings. The van der Waals surface area contributed by atoms with Crippen LogP contribution in [0.5, 0.6) is 0 Å². The van der Waals surface area contributed by atoms with Gasteiger partial charge in [0.05, 0.1) is 18.2 Å². The number of esters is 1. The van der Waals surface area contributed by atoms with Gasteiger partial charge in [-0.1, -0.05) is 0 Å². The number of thiophene rings is 1. The number of benzene rings is 1. The van der Waals surface area contributed by atoms with E-state index >= 15 is 0 Å². The minimum absolute atomic E-state index is 0.0802. The summed E-state index contributed by atoms with van der Waals surface area (Å²) in [5.41, 5.74) is 0.721. The van der Waals surface area contributed by atoms with Gasteiger partial charge in [0, 0.05) is 6.07 Å². The lowest BCUT2D eigenvalue weighted by Crippen LogP contribution is -2.01. The van der Waals surface area contributed by atoms with Crippen LogP contribution in [-0.2, 0) is 4.74 Å². The summed E-state index contributed by atoms with van der Waals surface area (Å²) >= 11 is 1.17. The molecule has 0 unspecified atom stereocenters. The maximum atomic E-state index is 13.8. The van der Waals surface area contributed by atoms with E-state index in [4.69, 9.17) is 4.74 Å². The topological polar surface area (TPSA) is 64.1 Å². The summed E-state index contributed by atoms with van der Waals surface area (Å²) < 4.78 is 31.5. The van der Waals surface area contributed by atoms with Crippen molar-refractivity contribution >= 4 is 39.0 Å². The number of carbonyl (C=O) groups is 1. The first kappa shape index (κ1) is 15.3. The number of carbonyl (C=O) groups excluding carboxylic acids is 1. The van der Waals surface area contributed by atoms with Gasteiger partial charge in [-0.15, -0.1) is 11.3 Å². The highest BCUT2D eigenvalue weighted by molar-refractivity contribution is 7.20. The highest BCUT2D eigenvalue weighted by atomic mass is 32.1. The maximum absolute atomic E-state index is 13.8. The summed E-state index contributed by atoms with van der Waals surface area (Å²) in [7, 11) is 1.30. The van der Waals surface area contributed by atoms with Gasteiger partial charge in [0.15, 0.2) is 0 Å². The Kier molecular flexibility index (Phi) is 3.91. The van der Waals surface area contributed by atoms with Crippen LogP contribution in [-0.4, -0.2) is 23.0 Å². The van der Waals surface area contributed by atoms with Crippen molar-refractivity contribution < 1.29 is 18.3 Å². The Morgan fingerprint density at radius 2 is 2.09 bits per heavy atom. The van der Waals surface area contributed by atoms with E-state index in [9.17, 15) is 13.6 Å². The van der Waals surface area contributed by atoms with Crippen LogP contribution < -0.4 is 5.32 Å². The first-order valence-corrected chi connectivity index (χ1v) is 7.37. The van der Waals surface area contributed by atoms with Crippen molar-refractivity contribution in [3.05, 3.63) is 46.6 Å². The average molecular weight is 335 g/mol. The molecule has 0 fully saturated rings. The molecular weight excluding hydrogens is 324 g/mol. The standard InChI is InChI=1S/C15H11F2N3O2S/c1-7-11-13(20-10-4-3-8(16)5-9(10)17)18-6-19-14(11)23-12(7)15(21)22-2/h3-6H,1-2H3,(H,18,19,20). The van der Waals surface area contributed by atoms with Crippen molar-refractivity contribution in [2.75, 3.05) is 12.4 Å². The fraction of sp³-hybridized carbons (Fsp3) is 0.133. The van der Waals surface area contributed by atoms with Crippen LogP contribution in [0.15, 0.2) is 24.5 Å². The van der Waals surface area contributed by atoms with Gasteiger partial charge in [0.25, 0.3) is 0 Å². The second kappa shape index (κ2) is 5.88. The van der Waals surface area contributed by atoms with Gasteiger partial charge in [-0.2, -0.15) is 0 Å².